The summed E-state index contributed by atoms with van der Waals surface area (Å²) < 4.78 is 0. The van der Waals surface area contributed by atoms with Crippen LogP contribution in [0, 0.1) is 0 Å². The molecular weight excluding hydrogens is 340 g/mol. The summed E-state index contributed by atoms with van der Waals surface area (Å²) in [7, 11) is 2.10. The molecule has 148 valence electrons. The van der Waals surface area contributed by atoms with E-state index in [1.807, 2.05) is 0 Å². The van der Waals surface area contributed by atoms with Crippen LogP contribution in [0.4, 0.5) is 0 Å². The summed E-state index contributed by atoms with van der Waals surface area (Å²) in [6, 6.07) is 13.8. The highest BCUT2D eigenvalue weighted by atomic mass is 15.2. The summed E-state index contributed by atoms with van der Waals surface area (Å²) in [5, 5.41) is 3.54. The SMILES string of the molecule is C=C(NCc1ccc(CC)cc1CC)N(C)/C(=C\C)c1ccc2c(c1)CCC2. The van der Waals surface area contributed by atoms with E-state index >= 15 is 0 Å². The molecular formula is C26H34N2. The van der Waals surface area contributed by atoms with Gasteiger partial charge in [0.25, 0.3) is 0 Å². The number of allylic oxidation sites excluding steroid dienone is 1. The number of hydrogen-bond acceptors (Lipinski definition) is 2. The van der Waals surface area contributed by atoms with E-state index in [4.69, 9.17) is 0 Å². The molecule has 0 amide bonds. The minimum absolute atomic E-state index is 0.803. The van der Waals surface area contributed by atoms with E-state index in [1.165, 1.54) is 58.3 Å². The lowest BCUT2D eigenvalue weighted by Gasteiger charge is -2.26. The average Bonchev–Trinajstić information content (AvgIpc) is 3.20. The van der Waals surface area contributed by atoms with E-state index < -0.39 is 0 Å². The van der Waals surface area contributed by atoms with Crippen LogP contribution >= 0.6 is 0 Å². The third-order valence-corrected chi connectivity index (χ3v) is 5.98. The molecule has 2 aromatic rings. The summed E-state index contributed by atoms with van der Waals surface area (Å²) in [5.74, 6) is 0.926. The van der Waals surface area contributed by atoms with Gasteiger partial charge in [-0.2, -0.15) is 0 Å². The van der Waals surface area contributed by atoms with Crippen LogP contribution in [0.5, 0.6) is 0 Å². The molecule has 0 atom stereocenters. The molecule has 0 bridgehead atoms. The summed E-state index contributed by atoms with van der Waals surface area (Å²) >= 11 is 0. The number of aryl methyl sites for hydroxylation is 4. The Balaban J connectivity index is 1.70. The van der Waals surface area contributed by atoms with Gasteiger partial charge in [0, 0.05) is 19.3 Å². The largest absolute Gasteiger partial charge is 0.368 e. The van der Waals surface area contributed by atoms with E-state index in [1.54, 1.807) is 0 Å². The van der Waals surface area contributed by atoms with Crippen molar-refractivity contribution in [3.8, 4) is 0 Å². The molecule has 28 heavy (non-hydrogen) atoms. The fraction of sp³-hybridized carbons (Fsp3) is 0.385. The van der Waals surface area contributed by atoms with Crippen LogP contribution in [-0.4, -0.2) is 11.9 Å². The lowest BCUT2D eigenvalue weighted by atomic mass is 10.0. The summed E-state index contributed by atoms with van der Waals surface area (Å²) in [4.78, 5) is 2.17. The second-order valence-electron chi connectivity index (χ2n) is 7.68. The smallest absolute Gasteiger partial charge is 0.0984 e. The van der Waals surface area contributed by atoms with E-state index in [-0.39, 0.29) is 0 Å². The highest BCUT2D eigenvalue weighted by Gasteiger charge is 2.15. The molecule has 0 fully saturated rings. The molecule has 0 heterocycles. The number of nitrogens with one attached hydrogen (secondary N) is 1. The first-order chi connectivity index (χ1) is 13.6. The van der Waals surface area contributed by atoms with Gasteiger partial charge >= 0.3 is 0 Å². The van der Waals surface area contributed by atoms with Crippen LogP contribution < -0.4 is 5.32 Å². The molecule has 2 aromatic carbocycles. The molecule has 1 aliphatic rings. The molecule has 0 radical (unpaired) electrons. The second kappa shape index (κ2) is 9.14. The second-order valence-corrected chi connectivity index (χ2v) is 7.68. The zero-order valence-electron chi connectivity index (χ0n) is 17.9. The van der Waals surface area contributed by atoms with Crippen LogP contribution in [0.3, 0.4) is 0 Å². The van der Waals surface area contributed by atoms with E-state index in [9.17, 15) is 0 Å². The Hall–Kier alpha value is -2.48. The van der Waals surface area contributed by atoms with Crippen molar-refractivity contribution in [1.82, 2.24) is 10.2 Å². The first-order valence-electron chi connectivity index (χ1n) is 10.6. The van der Waals surface area contributed by atoms with Gasteiger partial charge in [-0.3, -0.25) is 0 Å². The summed E-state index contributed by atoms with van der Waals surface area (Å²) in [6.07, 6.45) is 8.03. The number of rotatable bonds is 8. The topological polar surface area (TPSA) is 15.3 Å². The van der Waals surface area contributed by atoms with Crippen molar-refractivity contribution in [2.24, 2.45) is 0 Å². The predicted molar refractivity (Wildman–Crippen MR) is 121 cm³/mol. The normalized spacial score (nSPS) is 13.4. The molecule has 2 heteroatoms. The Morgan fingerprint density at radius 1 is 1.04 bits per heavy atom. The molecule has 0 saturated heterocycles. The van der Waals surface area contributed by atoms with Crippen molar-refractivity contribution in [1.29, 1.82) is 0 Å². The zero-order valence-corrected chi connectivity index (χ0v) is 17.9. The van der Waals surface area contributed by atoms with Gasteiger partial charge in [-0.05, 0) is 78.5 Å². The maximum Gasteiger partial charge on any atom is 0.0984 e. The Labute approximate surface area is 171 Å². The van der Waals surface area contributed by atoms with Crippen molar-refractivity contribution in [3.63, 3.8) is 0 Å². The minimum atomic E-state index is 0.803. The van der Waals surface area contributed by atoms with Gasteiger partial charge in [-0.25, -0.2) is 0 Å². The van der Waals surface area contributed by atoms with Gasteiger partial charge in [-0.1, -0.05) is 56.8 Å². The zero-order chi connectivity index (χ0) is 20.1. The van der Waals surface area contributed by atoms with Crippen molar-refractivity contribution >= 4 is 5.70 Å². The van der Waals surface area contributed by atoms with Gasteiger partial charge in [0.05, 0.1) is 5.82 Å². The number of nitrogens with zero attached hydrogens (tertiary/aromatic N) is 1. The van der Waals surface area contributed by atoms with Crippen molar-refractivity contribution in [3.05, 3.63) is 88.3 Å². The summed E-state index contributed by atoms with van der Waals surface area (Å²) in [6.45, 7) is 11.6. The highest BCUT2D eigenvalue weighted by molar-refractivity contribution is 5.66. The molecule has 1 N–H and O–H groups in total. The number of benzene rings is 2. The fourth-order valence-electron chi connectivity index (χ4n) is 4.15. The van der Waals surface area contributed by atoms with Gasteiger partial charge in [0.2, 0.25) is 0 Å². The molecule has 3 rings (SSSR count). The highest BCUT2D eigenvalue weighted by Crippen LogP contribution is 2.28. The van der Waals surface area contributed by atoms with Crippen molar-refractivity contribution < 1.29 is 0 Å². The van der Waals surface area contributed by atoms with Crippen LogP contribution in [0.25, 0.3) is 5.70 Å². The number of fused-ring (bicyclic) bond motifs is 1. The van der Waals surface area contributed by atoms with Crippen LogP contribution in [-0.2, 0) is 32.2 Å². The fourth-order valence-corrected chi connectivity index (χ4v) is 4.15. The lowest BCUT2D eigenvalue weighted by molar-refractivity contribution is 0.526. The Bertz CT molecular complexity index is 876. The first kappa shape index (κ1) is 20.3. The quantitative estimate of drug-likeness (QED) is 0.623. The average molecular weight is 375 g/mol. The summed E-state index contributed by atoms with van der Waals surface area (Å²) in [5.41, 5.74) is 9.68. The van der Waals surface area contributed by atoms with E-state index in [2.05, 4.69) is 87.1 Å². The van der Waals surface area contributed by atoms with Crippen LogP contribution in [0.1, 0.15) is 60.6 Å². The first-order valence-corrected chi connectivity index (χ1v) is 10.6. The molecule has 0 saturated carbocycles. The van der Waals surface area contributed by atoms with Crippen LogP contribution in [0.15, 0.2) is 54.9 Å². The van der Waals surface area contributed by atoms with Gasteiger partial charge in [0.15, 0.2) is 0 Å². The van der Waals surface area contributed by atoms with E-state index in [0.717, 1.165) is 25.2 Å². The molecule has 2 nitrogen and oxygen atoms in total. The third-order valence-electron chi connectivity index (χ3n) is 5.98. The van der Waals surface area contributed by atoms with Gasteiger partial charge in [0.1, 0.15) is 0 Å². The van der Waals surface area contributed by atoms with Crippen molar-refractivity contribution in [2.75, 3.05) is 7.05 Å². The maximum atomic E-state index is 4.30. The van der Waals surface area contributed by atoms with Gasteiger partial charge < -0.3 is 10.2 Å². The lowest BCUT2D eigenvalue weighted by Crippen LogP contribution is -2.27. The molecule has 1 aliphatic carbocycles. The molecule has 0 aromatic heterocycles. The molecule has 0 spiro atoms. The Morgan fingerprint density at radius 3 is 2.54 bits per heavy atom. The Morgan fingerprint density at radius 2 is 1.82 bits per heavy atom. The molecule has 0 unspecified atom stereocenters. The third kappa shape index (κ3) is 4.32. The van der Waals surface area contributed by atoms with E-state index in [0.29, 0.717) is 0 Å². The number of hydrogen-bond donors (Lipinski definition) is 1. The predicted octanol–water partition coefficient (Wildman–Crippen LogP) is 5.85. The molecule has 0 aliphatic heterocycles. The standard InChI is InChI=1S/C26H34N2/c1-6-20-12-13-25(21(7-2)16-20)18-27-19(4)28(5)26(8-3)24-15-14-22-10-9-11-23(22)17-24/h8,12-17,27H,4,6-7,9-11,18H2,1-3,5H3/b26-8-. The Kier molecular flexibility index (Phi) is 6.61. The van der Waals surface area contributed by atoms with Crippen LogP contribution in [0.2, 0.25) is 0 Å². The van der Waals surface area contributed by atoms with Gasteiger partial charge in [-0.15, -0.1) is 0 Å². The van der Waals surface area contributed by atoms with Crippen molar-refractivity contribution in [2.45, 2.75) is 59.4 Å². The maximum absolute atomic E-state index is 4.30. The minimum Gasteiger partial charge on any atom is -0.368 e. The monoisotopic (exact) mass is 374 g/mol.